The summed E-state index contributed by atoms with van der Waals surface area (Å²) in [5.41, 5.74) is 3.69. The van der Waals surface area contributed by atoms with Crippen LogP contribution in [0.4, 0.5) is 0 Å². The van der Waals surface area contributed by atoms with E-state index in [4.69, 9.17) is 27.0 Å². The normalized spacial score (nSPS) is 28.5. The predicted octanol–water partition coefficient (Wildman–Crippen LogP) is 5.01. The highest BCUT2D eigenvalue weighted by Gasteiger charge is 2.43. The van der Waals surface area contributed by atoms with Crippen LogP contribution in [0.5, 0.6) is 11.5 Å². The number of hydrogen-bond donors (Lipinski definition) is 2. The van der Waals surface area contributed by atoms with E-state index in [0.717, 1.165) is 83.5 Å². The molecule has 0 saturated carbocycles. The van der Waals surface area contributed by atoms with Crippen molar-refractivity contribution < 1.29 is 37.2 Å². The van der Waals surface area contributed by atoms with E-state index in [9.17, 15) is 10.2 Å². The van der Waals surface area contributed by atoms with Crippen LogP contribution < -0.4 is 9.47 Å². The van der Waals surface area contributed by atoms with Gasteiger partial charge in [-0.3, -0.25) is 28.2 Å². The second kappa shape index (κ2) is 16.6. The molecule has 0 aliphatic carbocycles. The second-order valence-corrected chi connectivity index (χ2v) is 15.2. The number of aromatic nitrogens is 2. The minimum Gasteiger partial charge on any atom is -0.759 e. The average Bonchev–Trinajstić information content (AvgIpc) is 3.19. The van der Waals surface area contributed by atoms with Gasteiger partial charge in [0.1, 0.15) is 11.5 Å². The first-order chi connectivity index (χ1) is 25.4. The van der Waals surface area contributed by atoms with Gasteiger partial charge in [0.15, 0.2) is 0 Å². The molecule has 0 radical (unpaired) electrons. The Bertz CT molecular complexity index is 1890. The molecule has 2 aromatic heterocycles. The van der Waals surface area contributed by atoms with Crippen LogP contribution in [0.25, 0.3) is 21.8 Å². The van der Waals surface area contributed by atoms with Gasteiger partial charge >= 0.3 is 0 Å². The number of aliphatic hydroxyl groups excluding tert-OH is 2. The smallest absolute Gasteiger partial charge is 0.119 e. The Hall–Kier alpha value is -3.95. The minimum atomic E-state index is -5.17. The Morgan fingerprint density at radius 3 is 1.47 bits per heavy atom. The van der Waals surface area contributed by atoms with Crippen LogP contribution in [0.2, 0.25) is 0 Å². The number of rotatable bonds is 8. The molecule has 8 heterocycles. The Kier molecular flexibility index (Phi) is 12.1. The lowest BCUT2D eigenvalue weighted by molar-refractivity contribution is -0.0445. The summed E-state index contributed by atoms with van der Waals surface area (Å²) in [4.78, 5) is 13.7. The van der Waals surface area contributed by atoms with E-state index >= 15 is 0 Å². The number of piperidine rings is 6. The van der Waals surface area contributed by atoms with Crippen molar-refractivity contribution >= 4 is 32.2 Å². The van der Waals surface area contributed by atoms with E-state index in [2.05, 4.69) is 45.1 Å². The van der Waals surface area contributed by atoms with E-state index in [1.54, 1.807) is 26.6 Å². The Morgan fingerprint density at radius 2 is 1.15 bits per heavy atom. The Morgan fingerprint density at radius 1 is 0.755 bits per heavy atom. The molecule has 4 bridgehead atoms. The maximum Gasteiger partial charge on any atom is 0.119 e. The fourth-order valence-corrected chi connectivity index (χ4v) is 8.89. The number of pyridine rings is 2. The van der Waals surface area contributed by atoms with Gasteiger partial charge in [-0.15, -0.1) is 13.2 Å². The van der Waals surface area contributed by atoms with Gasteiger partial charge in [0, 0.05) is 58.7 Å². The summed E-state index contributed by atoms with van der Waals surface area (Å²) in [5.74, 6) is 4.01. The van der Waals surface area contributed by atoms with Crippen molar-refractivity contribution in [2.75, 3.05) is 40.4 Å². The van der Waals surface area contributed by atoms with Crippen LogP contribution in [0.1, 0.15) is 49.0 Å². The number of ether oxygens (including phenoxy) is 2. The summed E-state index contributed by atoms with van der Waals surface area (Å²) in [6, 6.07) is 15.9. The molecular formula is C40H48N4O8S-2. The zero-order chi connectivity index (χ0) is 37.9. The van der Waals surface area contributed by atoms with Crippen LogP contribution in [0.15, 0.2) is 86.2 Å². The molecule has 13 heteroatoms. The van der Waals surface area contributed by atoms with Crippen LogP contribution >= 0.6 is 0 Å². The molecule has 0 amide bonds. The summed E-state index contributed by atoms with van der Waals surface area (Å²) >= 11 is 0. The first-order valence-corrected chi connectivity index (χ1v) is 19.4. The lowest BCUT2D eigenvalue weighted by Gasteiger charge is -2.50. The first kappa shape index (κ1) is 38.8. The van der Waals surface area contributed by atoms with Gasteiger partial charge in [-0.05, 0) is 122 Å². The molecule has 6 saturated heterocycles. The van der Waals surface area contributed by atoms with Crippen molar-refractivity contribution in [2.45, 2.75) is 50.0 Å². The first-order valence-electron chi connectivity index (χ1n) is 18.0. The maximum absolute atomic E-state index is 11.2. The fraction of sp³-hybridized carbons (Fsp3) is 0.450. The van der Waals surface area contributed by atoms with Gasteiger partial charge in [0.2, 0.25) is 0 Å². The molecule has 0 spiro atoms. The number of aliphatic hydroxyl groups is 2. The topological polar surface area (TPSA) is 171 Å². The molecule has 10 atom stereocenters. The summed E-state index contributed by atoms with van der Waals surface area (Å²) in [5, 5.41) is 24.3. The molecular weight excluding hydrogens is 697 g/mol. The van der Waals surface area contributed by atoms with Gasteiger partial charge < -0.3 is 28.8 Å². The largest absolute Gasteiger partial charge is 0.759 e. The molecule has 2 unspecified atom stereocenters. The molecule has 2 N–H and O–H groups in total. The van der Waals surface area contributed by atoms with E-state index in [1.165, 1.54) is 12.8 Å². The molecule has 6 aliphatic rings. The van der Waals surface area contributed by atoms with Crippen LogP contribution in [-0.2, 0) is 10.4 Å². The highest BCUT2D eigenvalue weighted by atomic mass is 32.3. The fourth-order valence-electron chi connectivity index (χ4n) is 8.89. The summed E-state index contributed by atoms with van der Waals surface area (Å²) in [6.07, 6.45) is 11.2. The number of hydrogen-bond acceptors (Lipinski definition) is 12. The van der Waals surface area contributed by atoms with Gasteiger partial charge in [0.05, 0.1) is 37.5 Å². The molecule has 6 aliphatic heterocycles. The van der Waals surface area contributed by atoms with Gasteiger partial charge in [-0.1, -0.05) is 12.2 Å². The molecule has 284 valence electrons. The Labute approximate surface area is 311 Å². The number of methoxy groups -OCH3 is 2. The van der Waals surface area contributed by atoms with E-state index in [0.29, 0.717) is 23.7 Å². The third-order valence-corrected chi connectivity index (χ3v) is 11.6. The van der Waals surface area contributed by atoms with Gasteiger partial charge in [-0.2, -0.15) is 0 Å². The molecule has 53 heavy (non-hydrogen) atoms. The third kappa shape index (κ3) is 8.73. The van der Waals surface area contributed by atoms with Crippen molar-refractivity contribution in [3.8, 4) is 11.5 Å². The van der Waals surface area contributed by atoms with Crippen LogP contribution in [-0.4, -0.2) is 100.0 Å². The summed E-state index contributed by atoms with van der Waals surface area (Å²) in [7, 11) is -1.84. The molecule has 2 aromatic carbocycles. The molecule has 12 nitrogen and oxygen atoms in total. The lowest BCUT2D eigenvalue weighted by Crippen LogP contribution is -2.54. The van der Waals surface area contributed by atoms with Gasteiger partial charge in [0.25, 0.3) is 0 Å². The van der Waals surface area contributed by atoms with Crippen molar-refractivity contribution in [2.24, 2.45) is 23.7 Å². The highest BCUT2D eigenvalue weighted by Crippen LogP contribution is 2.43. The van der Waals surface area contributed by atoms with E-state index < -0.39 is 22.6 Å². The summed E-state index contributed by atoms with van der Waals surface area (Å²) < 4.78 is 44.8. The predicted molar refractivity (Wildman–Crippen MR) is 201 cm³/mol. The standard InChI is InChI=1S/2C20H24N2O2.H2O4S/c2*1-3-13-12-22-9-7-14(13)10-19(22)20(23)16-6-8-21-18-5-4-15(24-2)11-17(16)18;1-5(2,3)4/h2*3-6,8,11,13-14,19-20,23H,1,7,9-10,12H2,2H3;(H2,1,2,3,4)/p-2/t2*13-,14+,19+,20-;/m00./s1. The zero-order valence-corrected chi connectivity index (χ0v) is 31.0. The second-order valence-electron chi connectivity index (χ2n) is 14.4. The molecule has 4 aromatic rings. The van der Waals surface area contributed by atoms with Crippen molar-refractivity contribution in [1.82, 2.24) is 19.8 Å². The monoisotopic (exact) mass is 744 g/mol. The maximum atomic E-state index is 11.2. The number of nitrogens with zero attached hydrogens (tertiary/aromatic N) is 4. The van der Waals surface area contributed by atoms with Crippen molar-refractivity contribution in [3.63, 3.8) is 0 Å². The van der Waals surface area contributed by atoms with Crippen molar-refractivity contribution in [1.29, 1.82) is 0 Å². The third-order valence-electron chi connectivity index (χ3n) is 11.6. The van der Waals surface area contributed by atoms with Crippen LogP contribution in [0.3, 0.4) is 0 Å². The molecule has 6 fully saturated rings. The average molecular weight is 745 g/mol. The van der Waals surface area contributed by atoms with E-state index in [1.807, 2.05) is 48.5 Å². The number of benzene rings is 2. The Balaban J connectivity index is 0.000000161. The van der Waals surface area contributed by atoms with E-state index in [-0.39, 0.29) is 12.1 Å². The zero-order valence-electron chi connectivity index (χ0n) is 30.2. The minimum absolute atomic E-state index is 0.178. The molecule has 10 rings (SSSR count). The lowest BCUT2D eigenvalue weighted by atomic mass is 9.73. The highest BCUT2D eigenvalue weighted by molar-refractivity contribution is 7.79. The van der Waals surface area contributed by atoms with Gasteiger partial charge in [-0.25, -0.2) is 0 Å². The van der Waals surface area contributed by atoms with Crippen molar-refractivity contribution in [3.05, 3.63) is 97.4 Å². The van der Waals surface area contributed by atoms with Crippen LogP contribution in [0, 0.1) is 23.7 Å². The SMILES string of the molecule is C=C[C@H]1CN2CC[C@@H]1C[C@@H]2[C@@H](O)c1ccnc2ccc(OC)cc12.C=C[C@H]1CN2CC[C@@H]1C[C@@H]2[C@@H](O)c1ccnc2ccc(OC)cc12.O=S(=O)([O-])[O-]. The quantitative estimate of drug-likeness (QED) is 0.141. The number of fused-ring (bicyclic) bond motifs is 8. The summed E-state index contributed by atoms with van der Waals surface area (Å²) in [6.45, 7) is 12.1.